The number of carboxylic acids is 2. The summed E-state index contributed by atoms with van der Waals surface area (Å²) in [6.45, 7) is 6.00. The van der Waals surface area contributed by atoms with E-state index in [9.17, 15) is 19.8 Å². The van der Waals surface area contributed by atoms with Gasteiger partial charge in [-0.25, -0.2) is 0 Å². The second-order valence-electron chi connectivity index (χ2n) is 4.75. The van der Waals surface area contributed by atoms with Crippen molar-refractivity contribution in [1.29, 1.82) is 0 Å². The van der Waals surface area contributed by atoms with Crippen LogP contribution in [0.25, 0.3) is 0 Å². The molecule has 0 fully saturated rings. The van der Waals surface area contributed by atoms with Crippen LogP contribution in [0.15, 0.2) is 61.7 Å². The van der Waals surface area contributed by atoms with Crippen LogP contribution in [0.1, 0.15) is 23.2 Å². The fraction of sp³-hybridized carbons (Fsp3) is 0.111. The molecule has 0 saturated carbocycles. The molecular formula is C18H22N2O6. The summed E-state index contributed by atoms with van der Waals surface area (Å²) in [5.41, 5.74) is 11.0. The summed E-state index contributed by atoms with van der Waals surface area (Å²) < 4.78 is 0. The third-order valence-corrected chi connectivity index (χ3v) is 3.08. The number of para-hydroxylation sites is 2. The zero-order chi connectivity index (χ0) is 20.3. The summed E-state index contributed by atoms with van der Waals surface area (Å²) >= 11 is 0. The third kappa shape index (κ3) is 6.63. The molecule has 8 N–H and O–H groups in total. The highest BCUT2D eigenvalue weighted by Gasteiger charge is 2.17. The van der Waals surface area contributed by atoms with Gasteiger partial charge in [0.15, 0.2) is 0 Å². The Hall–Kier alpha value is -3.36. The minimum atomic E-state index is -1.16. The van der Waals surface area contributed by atoms with Gasteiger partial charge in [0.05, 0.1) is 0 Å². The number of carbonyl (C=O) groups is 2. The van der Waals surface area contributed by atoms with Crippen LogP contribution in [0.5, 0.6) is 11.5 Å². The van der Waals surface area contributed by atoms with Crippen molar-refractivity contribution in [2.75, 3.05) is 0 Å². The van der Waals surface area contributed by atoms with E-state index < -0.39 is 24.0 Å². The van der Waals surface area contributed by atoms with Crippen molar-refractivity contribution >= 4 is 11.9 Å². The highest BCUT2D eigenvalue weighted by molar-refractivity contribution is 5.76. The lowest BCUT2D eigenvalue weighted by Crippen LogP contribution is -2.20. The summed E-state index contributed by atoms with van der Waals surface area (Å²) in [5.74, 6) is -2.49. The molecule has 0 amide bonds. The Kier molecular flexibility index (Phi) is 9.79. The molecular weight excluding hydrogens is 340 g/mol. The molecule has 2 rings (SSSR count). The third-order valence-electron chi connectivity index (χ3n) is 3.08. The molecule has 26 heavy (non-hydrogen) atoms. The second-order valence-corrected chi connectivity index (χ2v) is 4.75. The van der Waals surface area contributed by atoms with Gasteiger partial charge in [-0.2, -0.15) is 0 Å². The molecule has 0 radical (unpaired) electrons. The number of benzene rings is 2. The first-order chi connectivity index (χ1) is 12.3. The van der Waals surface area contributed by atoms with Crippen LogP contribution >= 0.6 is 0 Å². The van der Waals surface area contributed by atoms with Crippen molar-refractivity contribution < 1.29 is 30.0 Å². The van der Waals surface area contributed by atoms with Crippen molar-refractivity contribution in [2.45, 2.75) is 12.1 Å². The van der Waals surface area contributed by atoms with Crippen LogP contribution in [0.4, 0.5) is 0 Å². The van der Waals surface area contributed by atoms with Gasteiger partial charge in [0, 0.05) is 11.1 Å². The van der Waals surface area contributed by atoms with Crippen molar-refractivity contribution in [3.8, 4) is 11.5 Å². The van der Waals surface area contributed by atoms with Gasteiger partial charge < -0.3 is 31.9 Å². The number of hydrogen-bond acceptors (Lipinski definition) is 6. The number of aliphatic carboxylic acids is 2. The predicted molar refractivity (Wildman–Crippen MR) is 96.6 cm³/mol. The van der Waals surface area contributed by atoms with E-state index in [1.807, 2.05) is 0 Å². The van der Waals surface area contributed by atoms with Crippen LogP contribution in [0.2, 0.25) is 0 Å². The Morgan fingerprint density at radius 1 is 0.731 bits per heavy atom. The van der Waals surface area contributed by atoms with Crippen LogP contribution in [-0.2, 0) is 9.59 Å². The van der Waals surface area contributed by atoms with Crippen LogP contribution in [0.3, 0.4) is 0 Å². The van der Waals surface area contributed by atoms with E-state index in [0.717, 1.165) is 0 Å². The number of hydrogen-bond donors (Lipinski definition) is 6. The first-order valence-corrected chi connectivity index (χ1v) is 7.28. The Labute approximate surface area is 150 Å². The number of aromatic hydroxyl groups is 2. The fourth-order valence-corrected chi connectivity index (χ4v) is 1.77. The largest absolute Gasteiger partial charge is 0.508 e. The second kappa shape index (κ2) is 11.2. The van der Waals surface area contributed by atoms with Gasteiger partial charge in [-0.15, -0.1) is 13.2 Å². The maximum Gasteiger partial charge on any atom is 0.325 e. The normalized spacial score (nSPS) is 11.6. The Morgan fingerprint density at radius 3 is 1.23 bits per heavy atom. The lowest BCUT2D eigenvalue weighted by Gasteiger charge is -2.07. The number of carboxylic acid groups (broad SMARTS) is 2. The smallest absolute Gasteiger partial charge is 0.325 e. The molecule has 0 bridgehead atoms. The number of nitrogens with two attached hydrogens (primary N) is 2. The Morgan fingerprint density at radius 2 is 1.00 bits per heavy atom. The topological polar surface area (TPSA) is 167 Å². The van der Waals surface area contributed by atoms with Crippen molar-refractivity contribution in [1.82, 2.24) is 0 Å². The number of rotatable bonds is 4. The van der Waals surface area contributed by atoms with Crippen LogP contribution in [0, 0.1) is 0 Å². The summed E-state index contributed by atoms with van der Waals surface area (Å²) in [7, 11) is 0. The van der Waals surface area contributed by atoms with E-state index in [0.29, 0.717) is 0 Å². The maximum atomic E-state index is 10.4. The molecule has 0 aliphatic heterocycles. The molecule has 140 valence electrons. The minimum Gasteiger partial charge on any atom is -0.508 e. The molecule has 8 heteroatoms. The number of phenols is 2. The lowest BCUT2D eigenvalue weighted by atomic mass is 10.1. The van der Waals surface area contributed by atoms with Gasteiger partial charge in [-0.3, -0.25) is 9.59 Å². The monoisotopic (exact) mass is 362 g/mol. The van der Waals surface area contributed by atoms with E-state index in [1.54, 1.807) is 24.3 Å². The predicted octanol–water partition coefficient (Wildman–Crippen LogP) is 1.76. The van der Waals surface area contributed by atoms with Gasteiger partial charge in [-0.05, 0) is 12.1 Å². The van der Waals surface area contributed by atoms with Gasteiger partial charge >= 0.3 is 11.9 Å². The van der Waals surface area contributed by atoms with Gasteiger partial charge in [0.2, 0.25) is 0 Å². The molecule has 0 aliphatic carbocycles. The van der Waals surface area contributed by atoms with Gasteiger partial charge in [0.1, 0.15) is 23.6 Å². The highest BCUT2D eigenvalue weighted by Crippen LogP contribution is 2.22. The maximum absolute atomic E-state index is 10.4. The summed E-state index contributed by atoms with van der Waals surface area (Å²) in [5, 5.41) is 35.4. The summed E-state index contributed by atoms with van der Waals surface area (Å²) in [6, 6.07) is 9.90. The fourth-order valence-electron chi connectivity index (χ4n) is 1.77. The molecule has 0 aromatic heterocycles. The van der Waals surface area contributed by atoms with Gasteiger partial charge in [0.25, 0.3) is 0 Å². The summed E-state index contributed by atoms with van der Waals surface area (Å²) in [6.07, 6.45) is 0. The van der Waals surface area contributed by atoms with E-state index in [4.69, 9.17) is 21.7 Å². The van der Waals surface area contributed by atoms with Gasteiger partial charge in [-0.1, -0.05) is 36.4 Å². The minimum absolute atomic E-state index is 0.0904. The zero-order valence-electron chi connectivity index (χ0n) is 13.9. The first-order valence-electron chi connectivity index (χ1n) is 7.28. The average molecular weight is 362 g/mol. The molecule has 2 aromatic carbocycles. The summed E-state index contributed by atoms with van der Waals surface area (Å²) in [4.78, 5) is 20.8. The molecule has 0 aliphatic rings. The van der Waals surface area contributed by atoms with E-state index in [-0.39, 0.29) is 22.6 Å². The highest BCUT2D eigenvalue weighted by atomic mass is 16.4. The molecule has 2 unspecified atom stereocenters. The Bertz CT molecular complexity index is 674. The molecule has 0 heterocycles. The van der Waals surface area contributed by atoms with Crippen molar-refractivity contribution in [2.24, 2.45) is 11.5 Å². The van der Waals surface area contributed by atoms with Crippen molar-refractivity contribution in [3.05, 3.63) is 72.8 Å². The lowest BCUT2D eigenvalue weighted by molar-refractivity contribution is -0.139. The SMILES string of the molecule is C=C.NC(C(=O)O)c1ccccc1O.NC(C(=O)O)c1ccccc1O. The van der Waals surface area contributed by atoms with Crippen LogP contribution < -0.4 is 11.5 Å². The molecule has 0 spiro atoms. The average Bonchev–Trinajstić information content (AvgIpc) is 2.63. The zero-order valence-corrected chi connectivity index (χ0v) is 13.9. The van der Waals surface area contributed by atoms with E-state index in [1.165, 1.54) is 24.3 Å². The van der Waals surface area contributed by atoms with E-state index in [2.05, 4.69) is 13.2 Å². The number of phenolic OH excluding ortho intramolecular Hbond substituents is 2. The Balaban J connectivity index is 0.000000439. The van der Waals surface area contributed by atoms with Crippen molar-refractivity contribution in [3.63, 3.8) is 0 Å². The van der Waals surface area contributed by atoms with E-state index >= 15 is 0 Å². The van der Waals surface area contributed by atoms with Crippen LogP contribution in [-0.4, -0.2) is 32.4 Å². The molecule has 2 atom stereocenters. The molecule has 2 aromatic rings. The molecule has 8 nitrogen and oxygen atoms in total. The quantitative estimate of drug-likeness (QED) is 0.447. The first kappa shape index (κ1) is 22.6. The molecule has 0 saturated heterocycles. The standard InChI is InChI=1S/2C8H9NO3.C2H4/c2*9-7(8(11)12)5-3-1-2-4-6(5)10;1-2/h2*1-4,7,10H,9H2,(H,11,12);1-2H2.